The minimum absolute atomic E-state index is 0.0164. The van der Waals surface area contributed by atoms with Crippen LogP contribution in [0.4, 0.5) is 0 Å². The number of nitrogens with one attached hydrogen (secondary N) is 1. The largest absolute Gasteiger partial charge is 0.353 e. The zero-order chi connectivity index (χ0) is 19.4. The molecule has 1 fully saturated rings. The summed E-state index contributed by atoms with van der Waals surface area (Å²) in [5.41, 5.74) is 0.652. The van der Waals surface area contributed by atoms with Crippen molar-refractivity contribution in [1.29, 1.82) is 0 Å². The van der Waals surface area contributed by atoms with Gasteiger partial charge in [-0.15, -0.1) is 0 Å². The number of aromatic nitrogens is 4. The number of hydrogen-bond donors (Lipinski definition) is 1. The van der Waals surface area contributed by atoms with Gasteiger partial charge in [-0.05, 0) is 43.9 Å². The summed E-state index contributed by atoms with van der Waals surface area (Å²) in [4.78, 5) is 12.5. The maximum atomic E-state index is 12.9. The molecule has 2 heterocycles. The zero-order valence-electron chi connectivity index (χ0n) is 15.4. The van der Waals surface area contributed by atoms with Crippen LogP contribution in [0.15, 0.2) is 29.2 Å². The van der Waals surface area contributed by atoms with Crippen molar-refractivity contribution in [3.8, 4) is 11.4 Å². The second-order valence-corrected chi connectivity index (χ2v) is 8.66. The third-order valence-corrected chi connectivity index (χ3v) is 6.81. The van der Waals surface area contributed by atoms with Gasteiger partial charge in [0.05, 0.1) is 4.90 Å². The number of piperidine rings is 1. The highest BCUT2D eigenvalue weighted by molar-refractivity contribution is 7.89. The van der Waals surface area contributed by atoms with Gasteiger partial charge in [0.15, 0.2) is 0 Å². The summed E-state index contributed by atoms with van der Waals surface area (Å²) in [6, 6.07) is 6.47. The van der Waals surface area contributed by atoms with Crippen molar-refractivity contribution in [1.82, 2.24) is 30.2 Å². The SMILES string of the molecule is CC[C@@H](C)NC(=O)C1CCN(S(=O)(=O)c2ccc(-c3nnn[n-]3)cc2)CC1. The van der Waals surface area contributed by atoms with Gasteiger partial charge in [-0.25, -0.2) is 8.42 Å². The van der Waals surface area contributed by atoms with Gasteiger partial charge in [0, 0.05) is 30.9 Å². The molecule has 0 bridgehead atoms. The smallest absolute Gasteiger partial charge is 0.243 e. The number of amides is 1. The number of benzene rings is 1. The third-order valence-electron chi connectivity index (χ3n) is 4.89. The van der Waals surface area contributed by atoms with Gasteiger partial charge in [0.25, 0.3) is 0 Å². The Kier molecular flexibility index (Phi) is 5.85. The summed E-state index contributed by atoms with van der Waals surface area (Å²) in [6.45, 7) is 4.65. The van der Waals surface area contributed by atoms with E-state index in [1.165, 1.54) is 16.4 Å². The molecule has 0 saturated carbocycles. The van der Waals surface area contributed by atoms with E-state index in [4.69, 9.17) is 0 Å². The maximum absolute atomic E-state index is 12.9. The van der Waals surface area contributed by atoms with Crippen LogP contribution < -0.4 is 10.4 Å². The molecule has 1 aromatic heterocycles. The van der Waals surface area contributed by atoms with Crippen molar-refractivity contribution in [2.75, 3.05) is 13.1 Å². The Bertz CT molecular complexity index is 859. The highest BCUT2D eigenvalue weighted by atomic mass is 32.2. The Labute approximate surface area is 158 Å². The Morgan fingerprint density at radius 3 is 2.52 bits per heavy atom. The van der Waals surface area contributed by atoms with Crippen LogP contribution in [0.5, 0.6) is 0 Å². The van der Waals surface area contributed by atoms with Crippen LogP contribution in [0.25, 0.3) is 11.4 Å². The monoisotopic (exact) mass is 391 g/mol. The molecule has 0 aliphatic carbocycles. The highest BCUT2D eigenvalue weighted by Crippen LogP contribution is 2.25. The first-order valence-electron chi connectivity index (χ1n) is 9.01. The number of tetrazole rings is 1. The molecule has 1 aliphatic rings. The van der Waals surface area contributed by atoms with Crippen molar-refractivity contribution >= 4 is 15.9 Å². The lowest BCUT2D eigenvalue weighted by atomic mass is 9.97. The molecule has 0 radical (unpaired) electrons. The van der Waals surface area contributed by atoms with Crippen LogP contribution in [0.1, 0.15) is 33.1 Å². The van der Waals surface area contributed by atoms with Gasteiger partial charge in [-0.1, -0.05) is 19.1 Å². The lowest BCUT2D eigenvalue weighted by Crippen LogP contribution is -2.44. The van der Waals surface area contributed by atoms with Crippen LogP contribution >= 0.6 is 0 Å². The molecule has 1 saturated heterocycles. The summed E-state index contributed by atoms with van der Waals surface area (Å²) >= 11 is 0. The maximum Gasteiger partial charge on any atom is 0.243 e. The first kappa shape index (κ1) is 19.4. The fourth-order valence-corrected chi connectivity index (χ4v) is 4.48. The summed E-state index contributed by atoms with van der Waals surface area (Å²) in [7, 11) is -3.59. The van der Waals surface area contributed by atoms with Crippen LogP contribution in [-0.4, -0.2) is 53.3 Å². The van der Waals surface area contributed by atoms with E-state index in [9.17, 15) is 13.2 Å². The number of carbonyl (C=O) groups is 1. The third kappa shape index (κ3) is 4.33. The summed E-state index contributed by atoms with van der Waals surface area (Å²) in [5, 5.41) is 17.3. The molecule has 1 atom stereocenters. The fraction of sp³-hybridized carbons (Fsp3) is 0.529. The number of hydrogen-bond acceptors (Lipinski definition) is 6. The van der Waals surface area contributed by atoms with Crippen molar-refractivity contribution in [2.45, 2.75) is 44.0 Å². The Hall–Kier alpha value is -2.33. The zero-order valence-corrected chi connectivity index (χ0v) is 16.2. The van der Waals surface area contributed by atoms with Crippen molar-refractivity contribution in [3.05, 3.63) is 24.3 Å². The number of carbonyl (C=O) groups excluding carboxylic acids is 1. The van der Waals surface area contributed by atoms with Gasteiger partial charge in [0.2, 0.25) is 15.9 Å². The minimum atomic E-state index is -3.59. The second-order valence-electron chi connectivity index (χ2n) is 6.72. The lowest BCUT2D eigenvalue weighted by Gasteiger charge is -2.31. The number of sulfonamides is 1. The normalized spacial score (nSPS) is 17.6. The van der Waals surface area contributed by atoms with Gasteiger partial charge in [-0.3, -0.25) is 15.1 Å². The molecule has 1 aromatic carbocycles. The van der Waals surface area contributed by atoms with Crippen LogP contribution in [-0.2, 0) is 14.8 Å². The van der Waals surface area contributed by atoms with E-state index in [-0.39, 0.29) is 22.8 Å². The highest BCUT2D eigenvalue weighted by Gasteiger charge is 2.32. The molecule has 1 amide bonds. The first-order valence-corrected chi connectivity index (χ1v) is 10.5. The summed E-state index contributed by atoms with van der Waals surface area (Å²) in [5.74, 6) is 0.233. The van der Waals surface area contributed by atoms with E-state index in [1.54, 1.807) is 12.1 Å². The van der Waals surface area contributed by atoms with Crippen molar-refractivity contribution in [3.63, 3.8) is 0 Å². The molecule has 9 nitrogen and oxygen atoms in total. The van der Waals surface area contributed by atoms with Crippen LogP contribution in [0.3, 0.4) is 0 Å². The van der Waals surface area contributed by atoms with Crippen LogP contribution in [0, 0.1) is 5.92 Å². The summed E-state index contributed by atoms with van der Waals surface area (Å²) in [6.07, 6.45) is 1.92. The summed E-state index contributed by atoms with van der Waals surface area (Å²) < 4.78 is 27.2. The quantitative estimate of drug-likeness (QED) is 0.774. The molecule has 146 valence electrons. The van der Waals surface area contributed by atoms with E-state index >= 15 is 0 Å². The molecular formula is C17H23N6O3S-. The predicted octanol–water partition coefficient (Wildman–Crippen LogP) is 0.811. The fourth-order valence-electron chi connectivity index (χ4n) is 3.01. The van der Waals surface area contributed by atoms with E-state index in [1.807, 2.05) is 13.8 Å². The Balaban J connectivity index is 1.64. The number of nitrogens with zero attached hydrogens (tertiary/aromatic N) is 5. The van der Waals surface area contributed by atoms with E-state index < -0.39 is 10.0 Å². The molecule has 1 aliphatic heterocycles. The van der Waals surface area contributed by atoms with Gasteiger partial charge in [0.1, 0.15) is 0 Å². The first-order chi connectivity index (χ1) is 12.9. The van der Waals surface area contributed by atoms with E-state index in [0.29, 0.717) is 37.3 Å². The topological polar surface area (TPSA) is 119 Å². The molecule has 3 rings (SSSR count). The minimum Gasteiger partial charge on any atom is -0.353 e. The molecule has 1 N–H and O–H groups in total. The molecule has 2 aromatic rings. The average Bonchev–Trinajstić information content (AvgIpc) is 3.23. The van der Waals surface area contributed by atoms with E-state index in [0.717, 1.165) is 6.42 Å². The molecular weight excluding hydrogens is 368 g/mol. The van der Waals surface area contributed by atoms with E-state index in [2.05, 4.69) is 25.9 Å². The Morgan fingerprint density at radius 1 is 1.30 bits per heavy atom. The Morgan fingerprint density at radius 2 is 1.96 bits per heavy atom. The second kappa shape index (κ2) is 8.13. The standard InChI is InChI=1S/C17H24N6O3S/c1-3-12(2)18-17(24)14-8-10-23(11-9-14)27(25,26)15-6-4-13(5-7-15)16-19-21-22-20-16/h4-7,12,14H,3,8-11H2,1-2H3,(H2,18,19,20,21,22,24)/p-1/t12-/m1/s1. The number of rotatable bonds is 6. The predicted molar refractivity (Wildman–Crippen MR) is 98.0 cm³/mol. The molecule has 27 heavy (non-hydrogen) atoms. The van der Waals surface area contributed by atoms with Crippen molar-refractivity contribution in [2.24, 2.45) is 5.92 Å². The van der Waals surface area contributed by atoms with Gasteiger partial charge in [-0.2, -0.15) is 9.52 Å². The van der Waals surface area contributed by atoms with Gasteiger partial charge < -0.3 is 10.4 Å². The van der Waals surface area contributed by atoms with Gasteiger partial charge >= 0.3 is 0 Å². The van der Waals surface area contributed by atoms with Crippen molar-refractivity contribution < 1.29 is 13.2 Å². The molecule has 10 heteroatoms. The molecule has 0 spiro atoms. The van der Waals surface area contributed by atoms with Crippen LogP contribution in [0.2, 0.25) is 0 Å². The average molecular weight is 391 g/mol. The molecule has 0 unspecified atom stereocenters. The lowest BCUT2D eigenvalue weighted by molar-refractivity contribution is -0.126.